The van der Waals surface area contributed by atoms with E-state index in [4.69, 9.17) is 9.47 Å². The number of aliphatic hydroxyl groups is 1. The molecular formula is C18H25N3O5. The molecule has 8 nitrogen and oxygen atoms in total. The number of ether oxygens (including phenoxy) is 2. The Hall–Kier alpha value is -2.32. The van der Waals surface area contributed by atoms with Crippen molar-refractivity contribution in [1.82, 2.24) is 10.2 Å². The molecule has 0 aromatic heterocycles. The lowest BCUT2D eigenvalue weighted by Gasteiger charge is -2.38. The molecule has 1 aromatic rings. The molecule has 3 amide bonds. The van der Waals surface area contributed by atoms with Crippen LogP contribution in [0.15, 0.2) is 18.2 Å². The Morgan fingerprint density at radius 1 is 1.35 bits per heavy atom. The largest absolute Gasteiger partial charge is 0.496 e. The number of nitrogens with one attached hydrogen (secondary N) is 2. The number of nitrogens with zero attached hydrogens (tertiary/aromatic N) is 1. The van der Waals surface area contributed by atoms with E-state index in [0.29, 0.717) is 56.0 Å². The smallest absolute Gasteiger partial charge is 0.321 e. The van der Waals surface area contributed by atoms with Crippen molar-refractivity contribution < 1.29 is 24.2 Å². The monoisotopic (exact) mass is 363 g/mol. The predicted octanol–water partition coefficient (Wildman–Crippen LogP) is 1.20. The SMILES string of the molecule is CNC(=O)c1cc(NC(=O)N2CCC3(CC2)CC(O)CO3)ccc1OC. The van der Waals surface area contributed by atoms with Crippen molar-refractivity contribution in [2.45, 2.75) is 31.0 Å². The van der Waals surface area contributed by atoms with Gasteiger partial charge in [0.15, 0.2) is 0 Å². The molecule has 2 heterocycles. The van der Waals surface area contributed by atoms with Gasteiger partial charge in [-0.15, -0.1) is 0 Å². The second-order valence-electron chi connectivity index (χ2n) is 6.76. The number of benzene rings is 1. The van der Waals surface area contributed by atoms with E-state index in [1.807, 2.05) is 0 Å². The van der Waals surface area contributed by atoms with E-state index in [0.717, 1.165) is 0 Å². The van der Waals surface area contributed by atoms with Gasteiger partial charge >= 0.3 is 6.03 Å². The number of aliphatic hydroxyl groups excluding tert-OH is 1. The fourth-order valence-electron chi connectivity index (χ4n) is 3.59. The second-order valence-corrected chi connectivity index (χ2v) is 6.76. The third-order valence-electron chi connectivity index (χ3n) is 5.07. The van der Waals surface area contributed by atoms with Gasteiger partial charge in [-0.1, -0.05) is 0 Å². The number of urea groups is 1. The van der Waals surface area contributed by atoms with Crippen LogP contribution in [0.1, 0.15) is 29.6 Å². The molecule has 3 N–H and O–H groups in total. The average Bonchev–Trinajstić information content (AvgIpc) is 3.01. The zero-order valence-electron chi connectivity index (χ0n) is 15.1. The van der Waals surface area contributed by atoms with Crippen molar-refractivity contribution in [3.63, 3.8) is 0 Å². The minimum absolute atomic E-state index is 0.216. The number of hydrogen-bond donors (Lipinski definition) is 3. The van der Waals surface area contributed by atoms with Gasteiger partial charge in [0.25, 0.3) is 5.91 Å². The fourth-order valence-corrected chi connectivity index (χ4v) is 3.59. The first kappa shape index (κ1) is 18.5. The summed E-state index contributed by atoms with van der Waals surface area (Å²) >= 11 is 0. The van der Waals surface area contributed by atoms with Crippen LogP contribution in [0.2, 0.25) is 0 Å². The van der Waals surface area contributed by atoms with Crippen molar-refractivity contribution in [2.75, 3.05) is 39.2 Å². The highest BCUT2D eigenvalue weighted by Crippen LogP contribution is 2.36. The highest BCUT2D eigenvalue weighted by atomic mass is 16.5. The molecule has 1 unspecified atom stereocenters. The minimum atomic E-state index is -0.405. The van der Waals surface area contributed by atoms with Crippen LogP contribution in [-0.4, -0.2) is 67.5 Å². The average molecular weight is 363 g/mol. The molecule has 0 bridgehead atoms. The number of likely N-dealkylation sites (tertiary alicyclic amines) is 1. The highest BCUT2D eigenvalue weighted by molar-refractivity contribution is 5.99. The van der Waals surface area contributed by atoms with Gasteiger partial charge in [0.05, 0.1) is 31.0 Å². The summed E-state index contributed by atoms with van der Waals surface area (Å²) in [5.74, 6) is 0.161. The normalized spacial score (nSPS) is 21.5. The van der Waals surface area contributed by atoms with Crippen molar-refractivity contribution >= 4 is 17.6 Å². The van der Waals surface area contributed by atoms with Crippen LogP contribution in [0.25, 0.3) is 0 Å². The second kappa shape index (κ2) is 7.51. The van der Waals surface area contributed by atoms with Gasteiger partial charge in [0, 0.05) is 32.2 Å². The van der Waals surface area contributed by atoms with Crippen LogP contribution in [0.5, 0.6) is 5.75 Å². The van der Waals surface area contributed by atoms with Crippen LogP contribution in [0, 0.1) is 0 Å². The third kappa shape index (κ3) is 3.76. The van der Waals surface area contributed by atoms with E-state index in [-0.39, 0.29) is 17.5 Å². The summed E-state index contributed by atoms with van der Waals surface area (Å²) in [6, 6.07) is 4.73. The summed E-state index contributed by atoms with van der Waals surface area (Å²) in [5, 5.41) is 15.1. The van der Waals surface area contributed by atoms with Gasteiger partial charge in [-0.2, -0.15) is 0 Å². The quantitative estimate of drug-likeness (QED) is 0.749. The summed E-state index contributed by atoms with van der Waals surface area (Å²) in [4.78, 5) is 26.2. The summed E-state index contributed by atoms with van der Waals surface area (Å²) in [6.07, 6.45) is 1.65. The Kier molecular flexibility index (Phi) is 5.33. The molecule has 26 heavy (non-hydrogen) atoms. The van der Waals surface area contributed by atoms with E-state index in [1.165, 1.54) is 7.11 Å². The number of carbonyl (C=O) groups excluding carboxylic acids is 2. The van der Waals surface area contributed by atoms with Gasteiger partial charge in [0.1, 0.15) is 5.75 Å². The molecule has 0 aliphatic carbocycles. The zero-order chi connectivity index (χ0) is 18.7. The van der Waals surface area contributed by atoms with Crippen LogP contribution in [0.4, 0.5) is 10.5 Å². The van der Waals surface area contributed by atoms with Gasteiger partial charge in [-0.3, -0.25) is 4.79 Å². The van der Waals surface area contributed by atoms with Crippen LogP contribution in [-0.2, 0) is 4.74 Å². The van der Waals surface area contributed by atoms with Crippen LogP contribution >= 0.6 is 0 Å². The molecule has 1 aromatic carbocycles. The maximum absolute atomic E-state index is 12.5. The lowest BCUT2D eigenvalue weighted by atomic mass is 9.88. The van der Waals surface area contributed by atoms with Gasteiger partial charge in [0.2, 0.25) is 0 Å². The number of hydrogen-bond acceptors (Lipinski definition) is 5. The molecule has 8 heteroatoms. The molecule has 1 spiro atoms. The standard InChI is InChI=1S/C18H25N3O5/c1-19-16(23)14-9-12(3-4-15(14)25-2)20-17(24)21-7-5-18(6-8-21)10-13(22)11-26-18/h3-4,9,13,22H,5-8,10-11H2,1-2H3,(H,19,23)(H,20,24). The number of methoxy groups -OCH3 is 1. The van der Waals surface area contributed by atoms with Crippen LogP contribution in [0.3, 0.4) is 0 Å². The molecule has 1 atom stereocenters. The first-order valence-electron chi connectivity index (χ1n) is 8.74. The Morgan fingerprint density at radius 2 is 2.08 bits per heavy atom. The molecular weight excluding hydrogens is 338 g/mol. The number of anilines is 1. The Balaban J connectivity index is 1.63. The molecule has 2 fully saturated rings. The predicted molar refractivity (Wildman–Crippen MR) is 95.5 cm³/mol. The molecule has 0 saturated carbocycles. The van der Waals surface area contributed by atoms with Crippen molar-refractivity contribution in [3.05, 3.63) is 23.8 Å². The van der Waals surface area contributed by atoms with Crippen molar-refractivity contribution in [2.24, 2.45) is 0 Å². The molecule has 2 saturated heterocycles. The summed E-state index contributed by atoms with van der Waals surface area (Å²) in [7, 11) is 3.03. The number of piperidine rings is 1. The third-order valence-corrected chi connectivity index (χ3v) is 5.07. The summed E-state index contributed by atoms with van der Waals surface area (Å²) < 4.78 is 10.9. The van der Waals surface area contributed by atoms with Crippen molar-refractivity contribution in [3.8, 4) is 5.75 Å². The first-order valence-corrected chi connectivity index (χ1v) is 8.74. The number of rotatable bonds is 3. The van der Waals surface area contributed by atoms with Gasteiger partial charge < -0.3 is 30.1 Å². The van der Waals surface area contributed by atoms with Crippen LogP contribution < -0.4 is 15.4 Å². The Morgan fingerprint density at radius 3 is 2.65 bits per heavy atom. The molecule has 142 valence electrons. The van der Waals surface area contributed by atoms with E-state index in [2.05, 4.69) is 10.6 Å². The molecule has 2 aliphatic heterocycles. The lowest BCUT2D eigenvalue weighted by Crippen LogP contribution is -2.48. The summed E-state index contributed by atoms with van der Waals surface area (Å²) in [6.45, 7) is 1.51. The fraction of sp³-hybridized carbons (Fsp3) is 0.556. The zero-order valence-corrected chi connectivity index (χ0v) is 15.1. The van der Waals surface area contributed by atoms with Gasteiger partial charge in [-0.25, -0.2) is 4.79 Å². The van der Waals surface area contributed by atoms with Gasteiger partial charge in [-0.05, 0) is 31.0 Å². The van der Waals surface area contributed by atoms with E-state index in [1.54, 1.807) is 30.1 Å². The van der Waals surface area contributed by atoms with E-state index < -0.39 is 6.10 Å². The maximum atomic E-state index is 12.5. The number of carbonyl (C=O) groups is 2. The first-order chi connectivity index (χ1) is 12.5. The molecule has 3 rings (SSSR count). The summed E-state index contributed by atoms with van der Waals surface area (Å²) in [5.41, 5.74) is 0.601. The highest BCUT2D eigenvalue weighted by Gasteiger charge is 2.42. The Bertz CT molecular complexity index is 685. The van der Waals surface area contributed by atoms with E-state index >= 15 is 0 Å². The molecule has 2 aliphatic rings. The van der Waals surface area contributed by atoms with E-state index in [9.17, 15) is 14.7 Å². The maximum Gasteiger partial charge on any atom is 0.321 e. The topological polar surface area (TPSA) is 100 Å². The van der Waals surface area contributed by atoms with Crippen molar-refractivity contribution in [1.29, 1.82) is 0 Å². The Labute approximate surface area is 152 Å². The molecule has 0 radical (unpaired) electrons. The number of amides is 3. The lowest BCUT2D eigenvalue weighted by molar-refractivity contribution is -0.0365. The minimum Gasteiger partial charge on any atom is -0.496 e.